The average molecular weight is 445 g/mol. The Bertz CT molecular complexity index is 1200. The van der Waals surface area contributed by atoms with Crippen LogP contribution in [0.1, 0.15) is 81.1 Å². The van der Waals surface area contributed by atoms with Crippen LogP contribution >= 0.6 is 0 Å². The third kappa shape index (κ3) is 4.75. The number of ketones is 1. The van der Waals surface area contributed by atoms with Crippen LogP contribution in [0.25, 0.3) is 0 Å². The fraction of sp³-hybridized carbons (Fsp3) is 0.296. The number of benzene rings is 2. The number of aryl methyl sites for hydroxylation is 2. The molecule has 0 spiro atoms. The molecule has 6 heteroatoms. The first-order valence-corrected chi connectivity index (χ1v) is 11.1. The van der Waals surface area contributed by atoms with Gasteiger partial charge >= 0.3 is 0 Å². The van der Waals surface area contributed by atoms with Crippen LogP contribution in [0, 0.1) is 13.8 Å². The fourth-order valence-corrected chi connectivity index (χ4v) is 4.23. The lowest BCUT2D eigenvalue weighted by Gasteiger charge is -2.29. The lowest BCUT2D eigenvalue weighted by atomic mass is 9.90. The Hall–Kier alpha value is -3.67. The number of rotatable bonds is 6. The number of carbonyl (C=O) groups excluding carboxylic acids is 2. The number of hydrogen-bond donors (Lipinski definition) is 1. The van der Waals surface area contributed by atoms with Gasteiger partial charge in [0.1, 0.15) is 24.2 Å². The van der Waals surface area contributed by atoms with E-state index >= 15 is 0 Å². The summed E-state index contributed by atoms with van der Waals surface area (Å²) in [5.74, 6) is 0.955. The van der Waals surface area contributed by atoms with Crippen molar-refractivity contribution < 1.29 is 19.1 Å². The summed E-state index contributed by atoms with van der Waals surface area (Å²) in [6, 6.07) is 14.6. The Balaban J connectivity index is 1.65. The number of ether oxygens (including phenoxy) is 2. The molecule has 1 aromatic heterocycles. The average Bonchev–Trinajstić information content (AvgIpc) is 2.76. The van der Waals surface area contributed by atoms with E-state index in [1.54, 1.807) is 18.2 Å². The molecule has 0 radical (unpaired) electrons. The molecule has 2 N–H and O–H groups in total. The number of Topliss-reactive ketones (excluding diaryl/α,β-unsaturated/α-hetero) is 1. The summed E-state index contributed by atoms with van der Waals surface area (Å²) in [7, 11) is 0. The molecule has 0 saturated carbocycles. The molecule has 0 fully saturated rings. The highest BCUT2D eigenvalue weighted by Gasteiger charge is 2.32. The molecule has 1 amide bonds. The lowest BCUT2D eigenvalue weighted by Crippen LogP contribution is -2.22. The number of aromatic nitrogens is 1. The summed E-state index contributed by atoms with van der Waals surface area (Å²) < 4.78 is 12.6. The Morgan fingerprint density at radius 3 is 2.39 bits per heavy atom. The maximum atomic E-state index is 13.0. The summed E-state index contributed by atoms with van der Waals surface area (Å²) in [5.41, 5.74) is 10.9. The number of nitrogens with two attached hydrogens (primary N) is 1. The summed E-state index contributed by atoms with van der Waals surface area (Å²) in [4.78, 5) is 28.7. The molecular weight excluding hydrogens is 416 g/mol. The standard InChI is InChI=1S/C27H28N2O4/c1-15(2)25-23(32-14-18-5-7-19(8-6-18)27(28)31)10-9-21-22(30)13-24(33-26(21)25)20-11-16(3)29-17(4)12-20/h5-12,15,24H,13-14H2,1-4H3,(H2,28,31). The van der Waals surface area contributed by atoms with Crippen molar-refractivity contribution in [3.05, 3.63) is 87.7 Å². The van der Waals surface area contributed by atoms with Crippen molar-refractivity contribution >= 4 is 11.7 Å². The third-order valence-corrected chi connectivity index (χ3v) is 5.77. The second-order valence-electron chi connectivity index (χ2n) is 8.78. The van der Waals surface area contributed by atoms with E-state index in [0.29, 0.717) is 35.7 Å². The van der Waals surface area contributed by atoms with Crippen molar-refractivity contribution in [1.82, 2.24) is 4.98 Å². The summed E-state index contributed by atoms with van der Waals surface area (Å²) >= 11 is 0. The zero-order valence-corrected chi connectivity index (χ0v) is 19.3. The Kier molecular flexibility index (Phi) is 6.18. The van der Waals surface area contributed by atoms with E-state index in [9.17, 15) is 9.59 Å². The van der Waals surface area contributed by atoms with Gasteiger partial charge in [0.15, 0.2) is 5.78 Å². The second-order valence-corrected chi connectivity index (χ2v) is 8.78. The van der Waals surface area contributed by atoms with E-state index in [2.05, 4.69) is 18.8 Å². The van der Waals surface area contributed by atoms with Gasteiger partial charge in [-0.25, -0.2) is 0 Å². The second kappa shape index (κ2) is 9.06. The Labute approximate surface area is 193 Å². The first-order valence-electron chi connectivity index (χ1n) is 11.1. The van der Waals surface area contributed by atoms with Crippen molar-refractivity contribution in [2.45, 2.75) is 52.7 Å². The highest BCUT2D eigenvalue weighted by Crippen LogP contribution is 2.44. The van der Waals surface area contributed by atoms with Gasteiger partial charge < -0.3 is 15.2 Å². The molecule has 0 aliphatic carbocycles. The molecule has 170 valence electrons. The van der Waals surface area contributed by atoms with E-state index in [4.69, 9.17) is 15.2 Å². The van der Waals surface area contributed by atoms with Crippen molar-refractivity contribution in [1.29, 1.82) is 0 Å². The van der Waals surface area contributed by atoms with Crippen LogP contribution in [0.15, 0.2) is 48.5 Å². The predicted molar refractivity (Wildman–Crippen MR) is 126 cm³/mol. The van der Waals surface area contributed by atoms with Crippen LogP contribution in [-0.4, -0.2) is 16.7 Å². The number of fused-ring (bicyclic) bond motifs is 1. The van der Waals surface area contributed by atoms with E-state index < -0.39 is 5.91 Å². The Morgan fingerprint density at radius 1 is 1.12 bits per heavy atom. The molecule has 2 heterocycles. The zero-order valence-electron chi connectivity index (χ0n) is 19.3. The van der Waals surface area contributed by atoms with Gasteiger partial charge in [-0.05, 0) is 67.3 Å². The molecule has 3 aromatic rings. The molecule has 1 unspecified atom stereocenters. The molecule has 0 bridgehead atoms. The van der Waals surface area contributed by atoms with E-state index in [-0.39, 0.29) is 17.8 Å². The molecule has 1 aliphatic heterocycles. The minimum atomic E-state index is -0.463. The first kappa shape index (κ1) is 22.5. The smallest absolute Gasteiger partial charge is 0.248 e. The van der Waals surface area contributed by atoms with E-state index in [0.717, 1.165) is 28.1 Å². The van der Waals surface area contributed by atoms with Crippen molar-refractivity contribution in [2.24, 2.45) is 5.73 Å². The molecule has 1 aliphatic rings. The van der Waals surface area contributed by atoms with Gasteiger partial charge in [0.2, 0.25) is 5.91 Å². The number of pyridine rings is 1. The number of nitrogens with zero attached hydrogens (tertiary/aromatic N) is 1. The van der Waals surface area contributed by atoms with Gasteiger partial charge in [0.25, 0.3) is 0 Å². The fourth-order valence-electron chi connectivity index (χ4n) is 4.23. The van der Waals surface area contributed by atoms with Gasteiger partial charge in [-0.3, -0.25) is 14.6 Å². The van der Waals surface area contributed by atoms with Gasteiger partial charge in [-0.15, -0.1) is 0 Å². The van der Waals surface area contributed by atoms with Crippen LogP contribution in [-0.2, 0) is 6.61 Å². The highest BCUT2D eigenvalue weighted by molar-refractivity contribution is 6.00. The van der Waals surface area contributed by atoms with Crippen molar-refractivity contribution in [2.75, 3.05) is 0 Å². The summed E-state index contributed by atoms with van der Waals surface area (Å²) in [6.45, 7) is 8.31. The Morgan fingerprint density at radius 2 is 1.79 bits per heavy atom. The van der Waals surface area contributed by atoms with Crippen LogP contribution < -0.4 is 15.2 Å². The van der Waals surface area contributed by atoms with Crippen molar-refractivity contribution in [3.63, 3.8) is 0 Å². The largest absolute Gasteiger partial charge is 0.488 e. The first-order chi connectivity index (χ1) is 15.7. The minimum absolute atomic E-state index is 0.0591. The number of primary amides is 1. The monoisotopic (exact) mass is 444 g/mol. The van der Waals surface area contributed by atoms with Crippen molar-refractivity contribution in [3.8, 4) is 11.5 Å². The third-order valence-electron chi connectivity index (χ3n) is 5.77. The highest BCUT2D eigenvalue weighted by atomic mass is 16.5. The van der Waals surface area contributed by atoms with Crippen LogP contribution in [0.3, 0.4) is 0 Å². The number of carbonyl (C=O) groups is 2. The molecule has 4 rings (SSSR count). The van der Waals surface area contributed by atoms with Gasteiger partial charge in [0.05, 0.1) is 12.0 Å². The van der Waals surface area contributed by atoms with Gasteiger partial charge in [-0.1, -0.05) is 26.0 Å². The maximum Gasteiger partial charge on any atom is 0.248 e. The quantitative estimate of drug-likeness (QED) is 0.564. The van der Waals surface area contributed by atoms with E-state index in [1.807, 2.05) is 44.2 Å². The maximum absolute atomic E-state index is 13.0. The minimum Gasteiger partial charge on any atom is -0.488 e. The predicted octanol–water partition coefficient (Wildman–Crippen LogP) is 5.21. The summed E-state index contributed by atoms with van der Waals surface area (Å²) in [6.07, 6.45) is -0.0701. The summed E-state index contributed by atoms with van der Waals surface area (Å²) in [5, 5.41) is 0. The lowest BCUT2D eigenvalue weighted by molar-refractivity contribution is 0.0845. The molecule has 2 aromatic carbocycles. The molecule has 33 heavy (non-hydrogen) atoms. The number of hydrogen-bond acceptors (Lipinski definition) is 5. The SMILES string of the molecule is Cc1cc(C2CC(=O)c3ccc(OCc4ccc(C(N)=O)cc4)c(C(C)C)c3O2)cc(C)n1. The topological polar surface area (TPSA) is 91.5 Å². The van der Waals surface area contributed by atoms with Gasteiger partial charge in [-0.2, -0.15) is 0 Å². The van der Waals surface area contributed by atoms with Crippen LogP contribution in [0.5, 0.6) is 11.5 Å². The van der Waals surface area contributed by atoms with Crippen LogP contribution in [0.4, 0.5) is 0 Å². The molecule has 6 nitrogen and oxygen atoms in total. The van der Waals surface area contributed by atoms with E-state index in [1.165, 1.54) is 0 Å². The number of amides is 1. The molecule has 1 atom stereocenters. The van der Waals surface area contributed by atoms with Gasteiger partial charge in [0, 0.05) is 22.5 Å². The zero-order chi connectivity index (χ0) is 23.7. The van der Waals surface area contributed by atoms with Crippen LogP contribution in [0.2, 0.25) is 0 Å². The molecule has 0 saturated heterocycles. The molecular formula is C27H28N2O4. The normalized spacial score (nSPS) is 15.2.